The van der Waals surface area contributed by atoms with Gasteiger partial charge in [-0.15, -0.1) is 0 Å². The van der Waals surface area contributed by atoms with E-state index in [2.05, 4.69) is 9.84 Å². The number of amides is 1. The number of para-hydroxylation sites is 1. The van der Waals surface area contributed by atoms with Crippen molar-refractivity contribution in [3.05, 3.63) is 83.2 Å². The van der Waals surface area contributed by atoms with Crippen LogP contribution >= 0.6 is 0 Å². The van der Waals surface area contributed by atoms with Gasteiger partial charge in [0.2, 0.25) is 0 Å². The van der Waals surface area contributed by atoms with Crippen molar-refractivity contribution < 1.29 is 23.1 Å². The topological polar surface area (TPSA) is 64.4 Å². The second kappa shape index (κ2) is 8.61. The van der Waals surface area contributed by atoms with Crippen LogP contribution in [0.25, 0.3) is 11.3 Å². The number of aromatic nitrogens is 2. The molecule has 170 valence electrons. The maximum absolute atomic E-state index is 15.0. The molecule has 1 amide bonds. The number of hydrogen-bond donors (Lipinski definition) is 0. The maximum Gasteiger partial charge on any atom is 0.330 e. The van der Waals surface area contributed by atoms with Gasteiger partial charge in [-0.05, 0) is 49.7 Å². The second-order valence-electron chi connectivity index (χ2n) is 7.91. The zero-order valence-corrected chi connectivity index (χ0v) is 18.5. The summed E-state index contributed by atoms with van der Waals surface area (Å²) in [5, 5.41) is 4.38. The maximum atomic E-state index is 15.0. The summed E-state index contributed by atoms with van der Waals surface area (Å²) >= 11 is 0. The summed E-state index contributed by atoms with van der Waals surface area (Å²) in [6.07, 6.45) is 2.01. The molecule has 1 aromatic heterocycles. The van der Waals surface area contributed by atoms with Crippen molar-refractivity contribution in [1.82, 2.24) is 9.78 Å². The van der Waals surface area contributed by atoms with Crippen LogP contribution in [0.3, 0.4) is 0 Å². The fraction of sp³-hybridized carbons (Fsp3) is 0.240. The molecule has 2 heterocycles. The van der Waals surface area contributed by atoms with Gasteiger partial charge in [0.15, 0.2) is 0 Å². The lowest BCUT2D eigenvalue weighted by molar-refractivity contribution is -0.134. The van der Waals surface area contributed by atoms with Gasteiger partial charge in [-0.2, -0.15) is 5.10 Å². The van der Waals surface area contributed by atoms with Gasteiger partial charge >= 0.3 is 5.97 Å². The molecule has 0 N–H and O–H groups in total. The third-order valence-electron chi connectivity index (χ3n) is 5.66. The van der Waals surface area contributed by atoms with Crippen LogP contribution in [-0.4, -0.2) is 41.2 Å². The number of aryl methyl sites for hydroxylation is 2. The van der Waals surface area contributed by atoms with E-state index in [0.717, 1.165) is 24.6 Å². The molecular weight excluding hydrogens is 428 g/mol. The number of rotatable bonds is 3. The Kier molecular flexibility index (Phi) is 5.84. The molecule has 0 bridgehead atoms. The molecule has 0 saturated heterocycles. The highest BCUT2D eigenvalue weighted by Gasteiger charge is 2.41. The zero-order valence-electron chi connectivity index (χ0n) is 18.5. The Balaban J connectivity index is 1.76. The predicted octanol–water partition coefficient (Wildman–Crippen LogP) is 4.73. The molecule has 1 aliphatic heterocycles. The Bertz CT molecular complexity index is 1260. The van der Waals surface area contributed by atoms with Crippen molar-refractivity contribution in [2.24, 2.45) is 0 Å². The molecule has 0 atom stereocenters. The molecule has 8 heteroatoms. The number of hydrogen-bond acceptors (Lipinski definition) is 4. The van der Waals surface area contributed by atoms with E-state index in [4.69, 9.17) is 0 Å². The molecule has 0 unspecified atom stereocenters. The van der Waals surface area contributed by atoms with Crippen LogP contribution in [0.4, 0.5) is 14.5 Å². The van der Waals surface area contributed by atoms with Crippen molar-refractivity contribution in [3.63, 3.8) is 0 Å². The van der Waals surface area contributed by atoms with E-state index < -0.39 is 29.8 Å². The van der Waals surface area contributed by atoms with Gasteiger partial charge in [-0.25, -0.2) is 18.3 Å². The zero-order chi connectivity index (χ0) is 23.8. The Morgan fingerprint density at radius 1 is 1.12 bits per heavy atom. The highest BCUT2D eigenvalue weighted by Crippen LogP contribution is 2.43. The van der Waals surface area contributed by atoms with E-state index in [-0.39, 0.29) is 12.1 Å². The highest BCUT2D eigenvalue weighted by atomic mass is 19.3. The lowest BCUT2D eigenvalue weighted by Gasteiger charge is -2.23. The van der Waals surface area contributed by atoms with Crippen LogP contribution < -0.4 is 4.90 Å². The standard InChI is InChI=1S/C25H23F2N3O3/c1-16-14-18(30-12-10-17(2)28-30)8-9-19(16)24(32)29-13-11-25(26,27)21(15-23(31)33-3)20-6-4-5-7-22(20)29/h4-10,12,14-15H,11,13H2,1-3H3/b21-15-. The number of esters is 1. The van der Waals surface area contributed by atoms with Crippen LogP contribution in [0.2, 0.25) is 0 Å². The number of alkyl halides is 2. The molecule has 33 heavy (non-hydrogen) atoms. The molecule has 0 spiro atoms. The molecule has 4 rings (SSSR count). The summed E-state index contributed by atoms with van der Waals surface area (Å²) in [6, 6.07) is 13.5. The molecule has 0 radical (unpaired) electrons. The number of allylic oxidation sites excluding steroid dienone is 1. The SMILES string of the molecule is COC(=O)/C=C1/c2ccccc2N(C(=O)c2ccc(-n3ccc(C)n3)cc2C)CCC1(F)F. The number of methoxy groups -OCH3 is 1. The summed E-state index contributed by atoms with van der Waals surface area (Å²) in [5.41, 5.74) is 2.75. The summed E-state index contributed by atoms with van der Waals surface area (Å²) in [4.78, 5) is 26.7. The van der Waals surface area contributed by atoms with Gasteiger partial charge < -0.3 is 9.64 Å². The van der Waals surface area contributed by atoms with Crippen molar-refractivity contribution in [1.29, 1.82) is 0 Å². The van der Waals surface area contributed by atoms with E-state index in [1.807, 2.05) is 25.3 Å². The molecular formula is C25H23F2N3O3. The van der Waals surface area contributed by atoms with Crippen molar-refractivity contribution >= 4 is 23.1 Å². The van der Waals surface area contributed by atoms with E-state index in [9.17, 15) is 9.59 Å². The van der Waals surface area contributed by atoms with Gasteiger partial charge in [-0.3, -0.25) is 4.79 Å². The van der Waals surface area contributed by atoms with Crippen LogP contribution in [0.5, 0.6) is 0 Å². The number of halogens is 2. The van der Waals surface area contributed by atoms with E-state index in [1.54, 1.807) is 41.9 Å². The Labute approximate surface area is 190 Å². The number of ether oxygens (including phenoxy) is 1. The van der Waals surface area contributed by atoms with E-state index in [1.165, 1.54) is 11.0 Å². The van der Waals surface area contributed by atoms with E-state index >= 15 is 8.78 Å². The number of benzene rings is 2. The lowest BCUT2D eigenvalue weighted by atomic mass is 9.97. The van der Waals surface area contributed by atoms with Crippen molar-refractivity contribution in [2.45, 2.75) is 26.2 Å². The third-order valence-corrected chi connectivity index (χ3v) is 5.66. The summed E-state index contributed by atoms with van der Waals surface area (Å²) in [5.74, 6) is -4.58. The molecule has 0 aliphatic carbocycles. The van der Waals surface area contributed by atoms with Crippen molar-refractivity contribution in [3.8, 4) is 5.69 Å². The van der Waals surface area contributed by atoms with Crippen molar-refractivity contribution in [2.75, 3.05) is 18.6 Å². The predicted molar refractivity (Wildman–Crippen MR) is 121 cm³/mol. The minimum absolute atomic E-state index is 0.125. The number of carbonyl (C=O) groups is 2. The van der Waals surface area contributed by atoms with Crippen LogP contribution in [0.1, 0.15) is 33.6 Å². The number of anilines is 1. The summed E-state index contributed by atoms with van der Waals surface area (Å²) in [6.45, 7) is 3.48. The Morgan fingerprint density at radius 2 is 1.88 bits per heavy atom. The minimum Gasteiger partial charge on any atom is -0.466 e. The quantitative estimate of drug-likeness (QED) is 0.427. The average Bonchev–Trinajstić information content (AvgIpc) is 3.19. The van der Waals surface area contributed by atoms with Gasteiger partial charge in [0.05, 0.1) is 24.2 Å². The lowest BCUT2D eigenvalue weighted by Crippen LogP contribution is -2.33. The summed E-state index contributed by atoms with van der Waals surface area (Å²) < 4.78 is 36.4. The number of carbonyl (C=O) groups excluding carboxylic acids is 2. The number of fused-ring (bicyclic) bond motifs is 1. The van der Waals surface area contributed by atoms with E-state index in [0.29, 0.717) is 16.8 Å². The first kappa shape index (κ1) is 22.4. The highest BCUT2D eigenvalue weighted by molar-refractivity contribution is 6.09. The first-order valence-corrected chi connectivity index (χ1v) is 10.4. The van der Waals surface area contributed by atoms with Gasteiger partial charge in [0.25, 0.3) is 11.8 Å². The Hall–Kier alpha value is -3.81. The first-order chi connectivity index (χ1) is 15.7. The largest absolute Gasteiger partial charge is 0.466 e. The fourth-order valence-electron chi connectivity index (χ4n) is 3.95. The third kappa shape index (κ3) is 4.28. The molecule has 3 aromatic rings. The van der Waals surface area contributed by atoms with Gasteiger partial charge in [-0.1, -0.05) is 18.2 Å². The molecule has 1 aliphatic rings. The molecule has 2 aromatic carbocycles. The molecule has 6 nitrogen and oxygen atoms in total. The Morgan fingerprint density at radius 3 is 2.55 bits per heavy atom. The summed E-state index contributed by atoms with van der Waals surface area (Å²) in [7, 11) is 1.13. The average molecular weight is 451 g/mol. The molecule has 0 fully saturated rings. The molecule has 0 saturated carbocycles. The van der Waals surface area contributed by atoms with Crippen LogP contribution in [0, 0.1) is 13.8 Å². The normalized spacial score (nSPS) is 16.3. The monoisotopic (exact) mass is 451 g/mol. The fourth-order valence-corrected chi connectivity index (χ4v) is 3.95. The van der Waals surface area contributed by atoms with Crippen LogP contribution in [-0.2, 0) is 9.53 Å². The van der Waals surface area contributed by atoms with Gasteiger partial charge in [0.1, 0.15) is 0 Å². The second-order valence-corrected chi connectivity index (χ2v) is 7.91. The number of nitrogens with zero attached hydrogens (tertiary/aromatic N) is 3. The van der Waals surface area contributed by atoms with Crippen LogP contribution in [0.15, 0.2) is 60.8 Å². The van der Waals surface area contributed by atoms with Gasteiger partial charge in [0, 0.05) is 41.9 Å². The minimum atomic E-state index is -3.31. The first-order valence-electron chi connectivity index (χ1n) is 10.4. The smallest absolute Gasteiger partial charge is 0.330 e.